The highest BCUT2D eigenvalue weighted by Crippen LogP contribution is 2.22. The fraction of sp³-hybridized carbons (Fsp3) is 0.292. The van der Waals surface area contributed by atoms with Crippen LogP contribution in [0.1, 0.15) is 38.2 Å². The molecule has 1 heterocycles. The number of hydrogen-bond acceptors (Lipinski definition) is 3. The third kappa shape index (κ3) is 5.14. The van der Waals surface area contributed by atoms with Crippen LogP contribution >= 0.6 is 0 Å². The number of rotatable bonds is 6. The first-order valence-electron chi connectivity index (χ1n) is 10.1. The van der Waals surface area contributed by atoms with Crippen molar-refractivity contribution in [3.8, 4) is 16.9 Å². The van der Waals surface area contributed by atoms with Crippen LogP contribution in [-0.2, 0) is 4.79 Å². The van der Waals surface area contributed by atoms with E-state index < -0.39 is 0 Å². The average molecular weight is 405 g/mol. The second kappa shape index (κ2) is 8.95. The molecule has 0 aliphatic carbocycles. The average Bonchev–Trinajstić information content (AvgIpc) is 3.17. The molecule has 0 aliphatic heterocycles. The number of nitrogens with zero attached hydrogens (tertiary/aromatic N) is 3. The van der Waals surface area contributed by atoms with E-state index in [0.29, 0.717) is 17.9 Å². The number of para-hydroxylation sites is 1. The van der Waals surface area contributed by atoms with Crippen LogP contribution in [0.4, 0.5) is 0 Å². The topological polar surface area (TPSA) is 67.2 Å². The summed E-state index contributed by atoms with van der Waals surface area (Å²) >= 11 is 0. The van der Waals surface area contributed by atoms with Crippen molar-refractivity contribution < 1.29 is 9.59 Å². The second-order valence-electron chi connectivity index (χ2n) is 8.15. The van der Waals surface area contributed by atoms with Crippen molar-refractivity contribution in [1.29, 1.82) is 0 Å². The number of benzene rings is 2. The molecule has 3 aromatic rings. The highest BCUT2D eigenvalue weighted by atomic mass is 16.2. The molecule has 2 aromatic carbocycles. The Morgan fingerprint density at radius 2 is 1.60 bits per heavy atom. The third-order valence-electron chi connectivity index (χ3n) is 4.52. The van der Waals surface area contributed by atoms with Gasteiger partial charge in [-0.3, -0.25) is 9.59 Å². The molecule has 2 amide bonds. The van der Waals surface area contributed by atoms with E-state index in [0.717, 1.165) is 11.3 Å². The lowest BCUT2D eigenvalue weighted by Gasteiger charge is -2.25. The summed E-state index contributed by atoms with van der Waals surface area (Å²) in [5.41, 5.74) is 2.49. The minimum atomic E-state index is -0.355. The van der Waals surface area contributed by atoms with Crippen LogP contribution in [-0.4, -0.2) is 45.1 Å². The van der Waals surface area contributed by atoms with E-state index in [1.54, 1.807) is 10.7 Å². The molecule has 6 nitrogen and oxygen atoms in total. The SMILES string of the molecule is CCN(CC(=O)NC(C)(C)C)C(=O)c1cc(-c2ccccc2)nn1-c1ccccc1. The Hall–Kier alpha value is -3.41. The molecule has 0 saturated heterocycles. The van der Waals surface area contributed by atoms with Crippen LogP contribution < -0.4 is 5.32 Å². The van der Waals surface area contributed by atoms with E-state index in [1.165, 1.54) is 4.90 Å². The number of aromatic nitrogens is 2. The zero-order chi connectivity index (χ0) is 21.7. The summed E-state index contributed by atoms with van der Waals surface area (Å²) < 4.78 is 1.65. The molecule has 0 unspecified atom stereocenters. The molecule has 0 bridgehead atoms. The number of carbonyl (C=O) groups is 2. The van der Waals surface area contributed by atoms with E-state index in [2.05, 4.69) is 5.32 Å². The molecule has 6 heteroatoms. The van der Waals surface area contributed by atoms with Gasteiger partial charge >= 0.3 is 0 Å². The van der Waals surface area contributed by atoms with Gasteiger partial charge in [-0.1, -0.05) is 48.5 Å². The molecular weight excluding hydrogens is 376 g/mol. The number of hydrogen-bond donors (Lipinski definition) is 1. The molecule has 3 rings (SSSR count). The number of carbonyl (C=O) groups excluding carboxylic acids is 2. The summed E-state index contributed by atoms with van der Waals surface area (Å²) in [4.78, 5) is 27.4. The molecule has 0 fully saturated rings. The van der Waals surface area contributed by atoms with E-state index >= 15 is 0 Å². The molecule has 30 heavy (non-hydrogen) atoms. The normalized spacial score (nSPS) is 11.2. The maximum absolute atomic E-state index is 13.4. The van der Waals surface area contributed by atoms with Gasteiger partial charge in [0.1, 0.15) is 5.69 Å². The Bertz CT molecular complexity index is 1000. The minimum Gasteiger partial charge on any atom is -0.350 e. The highest BCUT2D eigenvalue weighted by Gasteiger charge is 2.25. The Kier molecular flexibility index (Phi) is 6.35. The zero-order valence-corrected chi connectivity index (χ0v) is 17.9. The van der Waals surface area contributed by atoms with E-state index in [4.69, 9.17) is 5.10 Å². The molecule has 1 aromatic heterocycles. The summed E-state index contributed by atoms with van der Waals surface area (Å²) in [6, 6.07) is 21.1. The van der Waals surface area contributed by atoms with Crippen molar-refractivity contribution in [1.82, 2.24) is 20.0 Å². The van der Waals surface area contributed by atoms with Gasteiger partial charge in [-0.05, 0) is 45.9 Å². The molecule has 0 atom stereocenters. The fourth-order valence-electron chi connectivity index (χ4n) is 3.17. The monoisotopic (exact) mass is 404 g/mol. The molecule has 156 valence electrons. The summed E-state index contributed by atoms with van der Waals surface area (Å²) in [6.07, 6.45) is 0. The Morgan fingerprint density at radius 1 is 1.00 bits per heavy atom. The van der Waals surface area contributed by atoms with Crippen LogP contribution in [0.25, 0.3) is 16.9 Å². The van der Waals surface area contributed by atoms with Crippen molar-refractivity contribution in [2.45, 2.75) is 33.2 Å². The van der Waals surface area contributed by atoms with Crippen LogP contribution in [0.5, 0.6) is 0 Å². The number of amides is 2. The van der Waals surface area contributed by atoms with Crippen LogP contribution in [0.15, 0.2) is 66.7 Å². The van der Waals surface area contributed by atoms with Gasteiger partial charge in [-0.2, -0.15) is 5.10 Å². The van der Waals surface area contributed by atoms with Gasteiger partial charge in [-0.15, -0.1) is 0 Å². The summed E-state index contributed by atoms with van der Waals surface area (Å²) in [6.45, 7) is 8.02. The van der Waals surface area contributed by atoms with Gasteiger partial charge in [0.05, 0.1) is 17.9 Å². The van der Waals surface area contributed by atoms with E-state index in [-0.39, 0.29) is 23.9 Å². The molecule has 0 radical (unpaired) electrons. The van der Waals surface area contributed by atoms with E-state index in [1.807, 2.05) is 88.4 Å². The predicted octanol–water partition coefficient (Wildman–Crippen LogP) is 3.92. The zero-order valence-electron chi connectivity index (χ0n) is 17.9. The number of likely N-dealkylation sites (N-methyl/N-ethyl adjacent to an activating group) is 1. The molecule has 0 saturated carbocycles. The lowest BCUT2D eigenvalue weighted by molar-refractivity contribution is -0.123. The summed E-state index contributed by atoms with van der Waals surface area (Å²) in [5, 5.41) is 7.61. The first-order valence-corrected chi connectivity index (χ1v) is 10.1. The Balaban J connectivity index is 1.97. The van der Waals surface area contributed by atoms with Gasteiger partial charge in [0.15, 0.2) is 0 Å². The molecule has 0 aliphatic rings. The molecule has 0 spiro atoms. The molecular formula is C24H28N4O2. The minimum absolute atomic E-state index is 0.00670. The lowest BCUT2D eigenvalue weighted by atomic mass is 10.1. The van der Waals surface area contributed by atoms with Crippen LogP contribution in [0, 0.1) is 0 Å². The Labute approximate surface area is 177 Å². The third-order valence-corrected chi connectivity index (χ3v) is 4.52. The highest BCUT2D eigenvalue weighted by molar-refractivity contribution is 5.96. The summed E-state index contributed by atoms with van der Waals surface area (Å²) in [7, 11) is 0. The largest absolute Gasteiger partial charge is 0.350 e. The van der Waals surface area contributed by atoms with Crippen molar-refractivity contribution in [2.24, 2.45) is 0 Å². The second-order valence-corrected chi connectivity index (χ2v) is 8.15. The van der Waals surface area contributed by atoms with Crippen LogP contribution in [0.3, 0.4) is 0 Å². The maximum atomic E-state index is 13.4. The van der Waals surface area contributed by atoms with Gasteiger partial charge in [0.25, 0.3) is 5.91 Å². The smallest absolute Gasteiger partial charge is 0.273 e. The first-order chi connectivity index (χ1) is 14.3. The summed E-state index contributed by atoms with van der Waals surface area (Å²) in [5.74, 6) is -0.424. The maximum Gasteiger partial charge on any atom is 0.273 e. The van der Waals surface area contributed by atoms with Crippen molar-refractivity contribution >= 4 is 11.8 Å². The molecule has 1 N–H and O–H groups in total. The first kappa shape index (κ1) is 21.3. The van der Waals surface area contributed by atoms with E-state index in [9.17, 15) is 9.59 Å². The standard InChI is InChI=1S/C24H28N4O2/c1-5-27(17-22(29)25-24(2,3)4)23(30)21-16-20(18-12-8-6-9-13-18)26-28(21)19-14-10-7-11-15-19/h6-16H,5,17H2,1-4H3,(H,25,29). The van der Waals surface area contributed by atoms with Crippen molar-refractivity contribution in [3.63, 3.8) is 0 Å². The van der Waals surface area contributed by atoms with Gasteiger partial charge in [0, 0.05) is 17.6 Å². The van der Waals surface area contributed by atoms with Crippen molar-refractivity contribution in [2.75, 3.05) is 13.1 Å². The van der Waals surface area contributed by atoms with Crippen molar-refractivity contribution in [3.05, 3.63) is 72.4 Å². The van der Waals surface area contributed by atoms with Crippen LogP contribution in [0.2, 0.25) is 0 Å². The fourth-order valence-corrected chi connectivity index (χ4v) is 3.17. The predicted molar refractivity (Wildman–Crippen MR) is 118 cm³/mol. The number of nitrogens with one attached hydrogen (secondary N) is 1. The van der Waals surface area contributed by atoms with Gasteiger partial charge in [-0.25, -0.2) is 4.68 Å². The Morgan fingerprint density at radius 3 is 2.17 bits per heavy atom. The quantitative estimate of drug-likeness (QED) is 0.677. The lowest BCUT2D eigenvalue weighted by Crippen LogP contribution is -2.47. The van der Waals surface area contributed by atoms with Gasteiger partial charge in [0.2, 0.25) is 5.91 Å². The van der Waals surface area contributed by atoms with Gasteiger partial charge < -0.3 is 10.2 Å².